The fourth-order valence-corrected chi connectivity index (χ4v) is 2.33. The molecule has 6 heteroatoms. The normalized spacial score (nSPS) is 20.9. The third-order valence-corrected chi connectivity index (χ3v) is 3.42. The van der Waals surface area contributed by atoms with Crippen LogP contribution in [0.5, 0.6) is 5.75 Å². The minimum atomic E-state index is -1.33. The average Bonchev–Trinajstić information content (AvgIpc) is 3.15. The molecule has 1 heterocycles. The number of aromatic nitrogens is 1. The average molecular weight is 276 g/mol. The molecule has 0 amide bonds. The minimum Gasteiger partial charge on any atom is -0.494 e. The molecule has 0 saturated heterocycles. The van der Waals surface area contributed by atoms with Crippen LogP contribution in [0.15, 0.2) is 23.1 Å². The van der Waals surface area contributed by atoms with Gasteiger partial charge in [-0.25, -0.2) is 9.18 Å². The maximum atomic E-state index is 13.4. The van der Waals surface area contributed by atoms with Gasteiger partial charge in [0, 0.05) is 18.7 Å². The number of benzene rings is 1. The third kappa shape index (κ3) is 1.76. The number of carboxylic acid groups (broad SMARTS) is 1. The number of carbonyl (C=O) groups is 1. The van der Waals surface area contributed by atoms with Gasteiger partial charge >= 0.3 is 5.97 Å². The molecule has 1 N–H and O–H groups in total. The number of pyridine rings is 1. The first kappa shape index (κ1) is 12.7. The Labute approximate surface area is 113 Å². The summed E-state index contributed by atoms with van der Waals surface area (Å²) in [5.74, 6) is -1.02. The number of nitrogens with zero attached hydrogens (tertiary/aromatic N) is 1. The van der Waals surface area contributed by atoms with Crippen LogP contribution in [-0.4, -0.2) is 28.9 Å². The van der Waals surface area contributed by atoms with Gasteiger partial charge in [0.1, 0.15) is 11.7 Å². The Morgan fingerprint density at radius 3 is 2.85 bits per heavy atom. The van der Waals surface area contributed by atoms with Gasteiger partial charge in [-0.15, -0.1) is 0 Å². The van der Waals surface area contributed by atoms with Crippen LogP contribution in [0.2, 0.25) is 0 Å². The zero-order valence-corrected chi connectivity index (χ0v) is 10.6. The highest BCUT2D eigenvalue weighted by atomic mass is 19.1. The Balaban J connectivity index is 2.42. The molecular formula is C14H11FNO4. The van der Waals surface area contributed by atoms with Gasteiger partial charge in [-0.05, 0) is 12.1 Å². The number of ether oxygens (including phenoxy) is 1. The summed E-state index contributed by atoms with van der Waals surface area (Å²) >= 11 is 0. The summed E-state index contributed by atoms with van der Waals surface area (Å²) in [5.41, 5.74) is -0.591. The second-order valence-corrected chi connectivity index (χ2v) is 4.68. The topological polar surface area (TPSA) is 68.5 Å². The van der Waals surface area contributed by atoms with Crippen LogP contribution in [0.25, 0.3) is 10.9 Å². The smallest absolute Gasteiger partial charge is 0.341 e. The van der Waals surface area contributed by atoms with Gasteiger partial charge in [0.2, 0.25) is 5.43 Å². The van der Waals surface area contributed by atoms with Crippen LogP contribution in [0.3, 0.4) is 0 Å². The number of carboxylic acids is 1. The molecule has 1 fully saturated rings. The Morgan fingerprint density at radius 2 is 2.30 bits per heavy atom. The zero-order chi connectivity index (χ0) is 14.4. The number of rotatable bonds is 3. The lowest BCUT2D eigenvalue weighted by Crippen LogP contribution is -2.19. The molecule has 0 spiro atoms. The summed E-state index contributed by atoms with van der Waals surface area (Å²) < 4.78 is 20.0. The van der Waals surface area contributed by atoms with Crippen molar-refractivity contribution in [2.75, 3.05) is 7.11 Å². The van der Waals surface area contributed by atoms with Crippen molar-refractivity contribution >= 4 is 16.9 Å². The van der Waals surface area contributed by atoms with Crippen LogP contribution in [0.4, 0.5) is 4.39 Å². The van der Waals surface area contributed by atoms with Crippen LogP contribution in [0.1, 0.15) is 22.8 Å². The lowest BCUT2D eigenvalue weighted by Gasteiger charge is -2.14. The first-order valence-corrected chi connectivity index (χ1v) is 6.05. The van der Waals surface area contributed by atoms with E-state index in [4.69, 9.17) is 9.84 Å². The molecule has 3 rings (SSSR count). The minimum absolute atomic E-state index is 0.194. The first-order valence-electron chi connectivity index (χ1n) is 6.05. The van der Waals surface area contributed by atoms with E-state index in [0.29, 0.717) is 17.7 Å². The molecule has 0 aliphatic heterocycles. The number of alkyl halides is 1. The van der Waals surface area contributed by atoms with Gasteiger partial charge in [-0.3, -0.25) is 4.79 Å². The van der Waals surface area contributed by atoms with Crippen LogP contribution in [0, 0.1) is 6.07 Å². The molecule has 20 heavy (non-hydrogen) atoms. The summed E-state index contributed by atoms with van der Waals surface area (Å²) in [5, 5.41) is 9.29. The standard InChI is InChI=1S/C14H11FNO4/c1-20-11-4-2-3-7-12(11)16(10-5-9(10)15)6-8(13(7)17)14(18)19/h2-3,6,9-10H,5H2,1H3,(H,18,19)/t9-,10-/m1/s1. The molecule has 0 bridgehead atoms. The number of methoxy groups -OCH3 is 1. The van der Waals surface area contributed by atoms with Gasteiger partial charge in [0.05, 0.1) is 24.1 Å². The third-order valence-electron chi connectivity index (χ3n) is 3.42. The van der Waals surface area contributed by atoms with Crippen LogP contribution in [-0.2, 0) is 0 Å². The number of fused-ring (bicyclic) bond motifs is 1. The molecule has 0 unspecified atom stereocenters. The van der Waals surface area contributed by atoms with Crippen molar-refractivity contribution in [2.24, 2.45) is 0 Å². The van der Waals surface area contributed by atoms with E-state index >= 15 is 0 Å². The second kappa shape index (κ2) is 4.33. The van der Waals surface area contributed by atoms with Crippen molar-refractivity contribution < 1.29 is 19.0 Å². The van der Waals surface area contributed by atoms with Crippen molar-refractivity contribution in [2.45, 2.75) is 18.6 Å². The Kier molecular flexibility index (Phi) is 2.74. The molecule has 1 aromatic carbocycles. The predicted molar refractivity (Wildman–Crippen MR) is 69.1 cm³/mol. The van der Waals surface area contributed by atoms with E-state index in [1.807, 2.05) is 0 Å². The van der Waals surface area contributed by atoms with E-state index in [2.05, 4.69) is 6.07 Å². The lowest BCUT2D eigenvalue weighted by atomic mass is 10.1. The van der Waals surface area contributed by atoms with Gasteiger partial charge in [-0.1, -0.05) is 0 Å². The van der Waals surface area contributed by atoms with E-state index in [1.165, 1.54) is 30.0 Å². The Bertz CT molecular complexity index is 768. The SMILES string of the molecule is COc1[c]ccc2c(=O)c(C(=O)O)cn([C@@H]3C[C@H]3F)c12. The fourth-order valence-electron chi connectivity index (χ4n) is 2.33. The summed E-state index contributed by atoms with van der Waals surface area (Å²) in [7, 11) is 1.42. The van der Waals surface area contributed by atoms with Gasteiger partial charge in [0.15, 0.2) is 5.75 Å². The van der Waals surface area contributed by atoms with E-state index in [0.717, 1.165) is 0 Å². The van der Waals surface area contributed by atoms with Gasteiger partial charge in [-0.2, -0.15) is 0 Å². The summed E-state index contributed by atoms with van der Waals surface area (Å²) in [6, 6.07) is 5.32. The maximum Gasteiger partial charge on any atom is 0.341 e. The van der Waals surface area contributed by atoms with Crippen molar-refractivity contribution in [1.82, 2.24) is 4.57 Å². The maximum absolute atomic E-state index is 13.4. The fraction of sp³-hybridized carbons (Fsp3) is 0.286. The Hall–Kier alpha value is -2.37. The zero-order valence-electron chi connectivity index (χ0n) is 10.6. The summed E-state index contributed by atoms with van der Waals surface area (Å²) in [6.07, 6.45) is 0.454. The van der Waals surface area contributed by atoms with E-state index in [1.54, 1.807) is 0 Å². The van der Waals surface area contributed by atoms with E-state index in [-0.39, 0.29) is 10.9 Å². The van der Waals surface area contributed by atoms with Crippen molar-refractivity contribution in [1.29, 1.82) is 0 Å². The predicted octanol–water partition coefficient (Wildman–Crippen LogP) is 1.79. The highest BCUT2D eigenvalue weighted by Crippen LogP contribution is 2.41. The molecule has 1 saturated carbocycles. The first-order chi connectivity index (χ1) is 9.54. The highest BCUT2D eigenvalue weighted by molar-refractivity contribution is 5.94. The molecule has 1 radical (unpaired) electrons. The van der Waals surface area contributed by atoms with E-state index in [9.17, 15) is 14.0 Å². The number of hydrogen-bond acceptors (Lipinski definition) is 3. The van der Waals surface area contributed by atoms with Crippen LogP contribution >= 0.6 is 0 Å². The highest BCUT2D eigenvalue weighted by Gasteiger charge is 2.40. The van der Waals surface area contributed by atoms with Crippen molar-refractivity contribution in [3.05, 3.63) is 40.2 Å². The van der Waals surface area contributed by atoms with Crippen molar-refractivity contribution in [3.63, 3.8) is 0 Å². The quantitative estimate of drug-likeness (QED) is 0.928. The van der Waals surface area contributed by atoms with Gasteiger partial charge < -0.3 is 14.4 Å². The summed E-state index contributed by atoms with van der Waals surface area (Å²) in [4.78, 5) is 23.3. The molecular weight excluding hydrogens is 265 g/mol. The monoisotopic (exact) mass is 276 g/mol. The molecule has 1 aliphatic carbocycles. The number of halogens is 1. The lowest BCUT2D eigenvalue weighted by molar-refractivity contribution is 0.0694. The van der Waals surface area contributed by atoms with Gasteiger partial charge in [0.25, 0.3) is 0 Å². The number of hydrogen-bond donors (Lipinski definition) is 1. The van der Waals surface area contributed by atoms with Crippen molar-refractivity contribution in [3.8, 4) is 5.75 Å². The molecule has 5 nitrogen and oxygen atoms in total. The van der Waals surface area contributed by atoms with Crippen LogP contribution < -0.4 is 10.2 Å². The Morgan fingerprint density at radius 1 is 1.60 bits per heavy atom. The van der Waals surface area contributed by atoms with E-state index < -0.39 is 23.6 Å². The number of aromatic carboxylic acids is 1. The largest absolute Gasteiger partial charge is 0.494 e. The molecule has 2 atom stereocenters. The molecule has 1 aliphatic rings. The molecule has 2 aromatic rings. The molecule has 1 aromatic heterocycles. The second-order valence-electron chi connectivity index (χ2n) is 4.68. The molecule has 103 valence electrons. The summed E-state index contributed by atoms with van der Waals surface area (Å²) in [6.45, 7) is 0.